The van der Waals surface area contributed by atoms with E-state index in [2.05, 4.69) is 23.8 Å². The summed E-state index contributed by atoms with van der Waals surface area (Å²) in [7, 11) is 0. The first-order valence-electron chi connectivity index (χ1n) is 6.40. The quantitative estimate of drug-likeness (QED) is 0.874. The van der Waals surface area contributed by atoms with Crippen LogP contribution in [-0.2, 0) is 0 Å². The van der Waals surface area contributed by atoms with Crippen LogP contribution in [0.2, 0.25) is 0 Å². The highest BCUT2D eigenvalue weighted by atomic mass is 32.2. The van der Waals surface area contributed by atoms with Crippen LogP contribution in [0.5, 0.6) is 0 Å². The fourth-order valence-electron chi connectivity index (χ4n) is 2.34. The van der Waals surface area contributed by atoms with Crippen molar-refractivity contribution in [3.63, 3.8) is 0 Å². The second-order valence-electron chi connectivity index (χ2n) is 5.39. The summed E-state index contributed by atoms with van der Waals surface area (Å²) in [5.41, 5.74) is 7.16. The molecular formula is C13H16N4OS2. The van der Waals surface area contributed by atoms with Gasteiger partial charge in [-0.05, 0) is 13.8 Å². The molecule has 106 valence electrons. The Bertz CT molecular complexity index is 667. The Morgan fingerprint density at radius 3 is 2.85 bits per heavy atom. The van der Waals surface area contributed by atoms with Crippen LogP contribution in [0.4, 0.5) is 5.69 Å². The van der Waals surface area contributed by atoms with Gasteiger partial charge < -0.3 is 10.6 Å². The summed E-state index contributed by atoms with van der Waals surface area (Å²) in [6.45, 7) is 5.83. The molecule has 0 bridgehead atoms. The summed E-state index contributed by atoms with van der Waals surface area (Å²) >= 11 is 3.23. The normalized spacial score (nSPS) is 18.4. The van der Waals surface area contributed by atoms with E-state index in [1.807, 2.05) is 16.7 Å². The summed E-state index contributed by atoms with van der Waals surface area (Å²) in [4.78, 5) is 24.3. The fraction of sp³-hybridized carbons (Fsp3) is 0.462. The van der Waals surface area contributed by atoms with Crippen molar-refractivity contribution < 1.29 is 4.79 Å². The third-order valence-electron chi connectivity index (χ3n) is 3.27. The predicted molar refractivity (Wildman–Crippen MR) is 84.3 cm³/mol. The lowest BCUT2D eigenvalue weighted by molar-refractivity contribution is 0.0754. The minimum Gasteiger partial charge on any atom is -0.396 e. The fourth-order valence-corrected chi connectivity index (χ4v) is 4.44. The Labute approximate surface area is 125 Å². The summed E-state index contributed by atoms with van der Waals surface area (Å²) in [6.07, 6.45) is 3.22. The number of carbonyl (C=O) groups is 1. The van der Waals surface area contributed by atoms with Gasteiger partial charge in [-0.2, -0.15) is 11.8 Å². The molecule has 0 atom stereocenters. The molecule has 20 heavy (non-hydrogen) atoms. The van der Waals surface area contributed by atoms with Gasteiger partial charge in [0.1, 0.15) is 15.2 Å². The molecule has 0 spiro atoms. The van der Waals surface area contributed by atoms with Crippen molar-refractivity contribution in [3.05, 3.63) is 17.3 Å². The highest BCUT2D eigenvalue weighted by Gasteiger charge is 2.32. The topological polar surface area (TPSA) is 72.1 Å². The standard InChI is InChI=1S/C13H16N4OS2/c1-13(2)7-17(5-6-19-13)12(18)10-8(14)9-11(20-10)16-4-3-15-9/h3-4H,5-7,14H2,1-2H3. The number of nitrogen functional groups attached to an aromatic ring is 1. The van der Waals surface area contributed by atoms with Gasteiger partial charge in [0.05, 0.1) is 5.69 Å². The van der Waals surface area contributed by atoms with Gasteiger partial charge in [0.15, 0.2) is 0 Å². The van der Waals surface area contributed by atoms with Crippen LogP contribution in [0.1, 0.15) is 23.5 Å². The Balaban J connectivity index is 1.94. The highest BCUT2D eigenvalue weighted by Crippen LogP contribution is 2.34. The molecule has 7 heteroatoms. The Morgan fingerprint density at radius 2 is 2.15 bits per heavy atom. The van der Waals surface area contributed by atoms with E-state index < -0.39 is 0 Å². The predicted octanol–water partition coefficient (Wildman–Crippen LogP) is 2.24. The monoisotopic (exact) mass is 308 g/mol. The molecule has 2 aromatic heterocycles. The number of aromatic nitrogens is 2. The van der Waals surface area contributed by atoms with Crippen LogP contribution in [-0.4, -0.2) is 44.4 Å². The molecule has 0 aliphatic carbocycles. The van der Waals surface area contributed by atoms with Gasteiger partial charge in [-0.3, -0.25) is 4.79 Å². The molecule has 2 aromatic rings. The molecule has 3 heterocycles. The molecule has 1 saturated heterocycles. The number of anilines is 1. The summed E-state index contributed by atoms with van der Waals surface area (Å²) < 4.78 is 0.0931. The number of amides is 1. The Kier molecular flexibility index (Phi) is 3.33. The van der Waals surface area contributed by atoms with E-state index in [0.29, 0.717) is 16.1 Å². The zero-order chi connectivity index (χ0) is 14.3. The van der Waals surface area contributed by atoms with Gasteiger partial charge in [0.25, 0.3) is 5.91 Å². The SMILES string of the molecule is CC1(C)CN(C(=O)c2sc3nccnc3c2N)CCS1. The van der Waals surface area contributed by atoms with Crippen molar-refractivity contribution in [3.8, 4) is 0 Å². The third kappa shape index (κ3) is 2.35. The molecule has 0 saturated carbocycles. The van der Waals surface area contributed by atoms with Crippen LogP contribution in [0, 0.1) is 0 Å². The number of thioether (sulfide) groups is 1. The van der Waals surface area contributed by atoms with Crippen molar-refractivity contribution in [2.75, 3.05) is 24.6 Å². The number of hydrogen-bond donors (Lipinski definition) is 1. The third-order valence-corrected chi connectivity index (χ3v) is 5.66. The zero-order valence-electron chi connectivity index (χ0n) is 11.4. The largest absolute Gasteiger partial charge is 0.396 e. The van der Waals surface area contributed by atoms with Crippen molar-refractivity contribution >= 4 is 45.0 Å². The Hall–Kier alpha value is -1.34. The number of nitrogens with two attached hydrogens (primary N) is 1. The Morgan fingerprint density at radius 1 is 1.40 bits per heavy atom. The molecule has 1 fully saturated rings. The maximum atomic E-state index is 12.7. The van der Waals surface area contributed by atoms with E-state index in [1.165, 1.54) is 11.3 Å². The van der Waals surface area contributed by atoms with E-state index in [-0.39, 0.29) is 10.7 Å². The van der Waals surface area contributed by atoms with Crippen LogP contribution in [0.15, 0.2) is 12.4 Å². The lowest BCUT2D eigenvalue weighted by Gasteiger charge is -2.37. The van der Waals surface area contributed by atoms with E-state index in [4.69, 9.17) is 5.73 Å². The van der Waals surface area contributed by atoms with Crippen molar-refractivity contribution in [1.82, 2.24) is 14.9 Å². The maximum absolute atomic E-state index is 12.7. The number of thiophene rings is 1. The van der Waals surface area contributed by atoms with Crippen LogP contribution in [0.25, 0.3) is 10.3 Å². The van der Waals surface area contributed by atoms with E-state index in [1.54, 1.807) is 12.4 Å². The second kappa shape index (κ2) is 4.89. The van der Waals surface area contributed by atoms with E-state index in [9.17, 15) is 4.79 Å². The first-order chi connectivity index (χ1) is 9.48. The molecule has 1 amide bonds. The molecule has 1 aliphatic heterocycles. The van der Waals surface area contributed by atoms with Gasteiger partial charge in [0, 0.05) is 36.0 Å². The smallest absolute Gasteiger partial charge is 0.266 e. The minimum absolute atomic E-state index is 0.000625. The lowest BCUT2D eigenvalue weighted by Crippen LogP contribution is -2.46. The molecule has 2 N–H and O–H groups in total. The molecule has 1 aliphatic rings. The summed E-state index contributed by atoms with van der Waals surface area (Å²) in [5, 5.41) is 0. The van der Waals surface area contributed by atoms with E-state index in [0.717, 1.165) is 23.7 Å². The molecule has 0 radical (unpaired) electrons. The van der Waals surface area contributed by atoms with Crippen LogP contribution < -0.4 is 5.73 Å². The molecule has 0 unspecified atom stereocenters. The number of rotatable bonds is 1. The maximum Gasteiger partial charge on any atom is 0.266 e. The molecule has 0 aromatic carbocycles. The van der Waals surface area contributed by atoms with Gasteiger partial charge in [-0.25, -0.2) is 9.97 Å². The number of carbonyl (C=O) groups excluding carboxylic acids is 1. The van der Waals surface area contributed by atoms with Crippen LogP contribution >= 0.6 is 23.1 Å². The average Bonchev–Trinajstić information content (AvgIpc) is 2.75. The number of fused-ring (bicyclic) bond motifs is 1. The van der Waals surface area contributed by atoms with E-state index >= 15 is 0 Å². The van der Waals surface area contributed by atoms with Crippen LogP contribution in [0.3, 0.4) is 0 Å². The minimum atomic E-state index is 0.000625. The van der Waals surface area contributed by atoms with Gasteiger partial charge in [-0.1, -0.05) is 0 Å². The first-order valence-corrected chi connectivity index (χ1v) is 8.20. The van der Waals surface area contributed by atoms with Crippen molar-refractivity contribution in [1.29, 1.82) is 0 Å². The summed E-state index contributed by atoms with van der Waals surface area (Å²) in [6, 6.07) is 0. The lowest BCUT2D eigenvalue weighted by atomic mass is 10.1. The highest BCUT2D eigenvalue weighted by molar-refractivity contribution is 8.00. The van der Waals surface area contributed by atoms with Crippen molar-refractivity contribution in [2.24, 2.45) is 0 Å². The summed E-state index contributed by atoms with van der Waals surface area (Å²) in [5.74, 6) is 0.959. The first kappa shape index (κ1) is 13.6. The average molecular weight is 308 g/mol. The molecule has 3 rings (SSSR count). The second-order valence-corrected chi connectivity index (χ2v) is 8.19. The molecular weight excluding hydrogens is 292 g/mol. The zero-order valence-corrected chi connectivity index (χ0v) is 13.1. The number of hydrogen-bond acceptors (Lipinski definition) is 6. The van der Waals surface area contributed by atoms with Crippen molar-refractivity contribution in [2.45, 2.75) is 18.6 Å². The molecule has 5 nitrogen and oxygen atoms in total. The van der Waals surface area contributed by atoms with Gasteiger partial charge >= 0.3 is 0 Å². The van der Waals surface area contributed by atoms with Gasteiger partial charge in [-0.15, -0.1) is 11.3 Å². The number of nitrogens with zero attached hydrogens (tertiary/aromatic N) is 3. The van der Waals surface area contributed by atoms with Gasteiger partial charge in [0.2, 0.25) is 0 Å².